The van der Waals surface area contributed by atoms with Crippen LogP contribution in [0.15, 0.2) is 30.3 Å². The highest BCUT2D eigenvalue weighted by molar-refractivity contribution is 5.92. The predicted octanol–water partition coefficient (Wildman–Crippen LogP) is 3.67. The van der Waals surface area contributed by atoms with Gasteiger partial charge in [0.15, 0.2) is 0 Å². The molecule has 2 heterocycles. The molecule has 1 aromatic heterocycles. The first-order valence-corrected chi connectivity index (χ1v) is 9.72. The summed E-state index contributed by atoms with van der Waals surface area (Å²) in [5.41, 5.74) is 1.74. The molecule has 0 bridgehead atoms. The highest BCUT2D eigenvalue weighted by Crippen LogP contribution is 2.24. The summed E-state index contributed by atoms with van der Waals surface area (Å²) in [7, 11) is 0. The van der Waals surface area contributed by atoms with E-state index in [1.807, 2.05) is 6.92 Å². The summed E-state index contributed by atoms with van der Waals surface area (Å²) in [5.74, 6) is 0.145. The molecular weight excluding hydrogens is 343 g/mol. The van der Waals surface area contributed by atoms with Crippen LogP contribution in [0.5, 0.6) is 0 Å². The van der Waals surface area contributed by atoms with Gasteiger partial charge in [-0.3, -0.25) is 4.79 Å². The Bertz CT molecular complexity index is 796. The van der Waals surface area contributed by atoms with E-state index in [0.717, 1.165) is 31.5 Å². The van der Waals surface area contributed by atoms with E-state index in [4.69, 9.17) is 0 Å². The first-order valence-electron chi connectivity index (χ1n) is 9.72. The number of anilines is 1. The number of nitrogens with zero attached hydrogens (tertiary/aromatic N) is 3. The number of nitrogens with one attached hydrogen (secondary N) is 1. The number of piperidine rings is 1. The van der Waals surface area contributed by atoms with Crippen molar-refractivity contribution in [2.75, 3.05) is 18.0 Å². The van der Waals surface area contributed by atoms with Gasteiger partial charge in [-0.15, -0.1) is 0 Å². The third kappa shape index (κ3) is 4.81. The quantitative estimate of drug-likeness (QED) is 0.843. The van der Waals surface area contributed by atoms with Crippen LogP contribution >= 0.6 is 0 Å². The van der Waals surface area contributed by atoms with Crippen molar-refractivity contribution in [3.63, 3.8) is 0 Å². The van der Waals surface area contributed by atoms with E-state index in [1.165, 1.54) is 12.5 Å². The molecule has 1 aliphatic heterocycles. The van der Waals surface area contributed by atoms with Gasteiger partial charge in [0.05, 0.1) is 0 Å². The van der Waals surface area contributed by atoms with Gasteiger partial charge in [0, 0.05) is 24.8 Å². The second-order valence-corrected chi connectivity index (χ2v) is 7.04. The maximum atomic E-state index is 13.7. The van der Waals surface area contributed by atoms with Gasteiger partial charge >= 0.3 is 0 Å². The molecule has 1 amide bonds. The average Bonchev–Trinajstić information content (AvgIpc) is 2.68. The fourth-order valence-electron chi connectivity index (χ4n) is 3.59. The van der Waals surface area contributed by atoms with Gasteiger partial charge in [-0.25, -0.2) is 14.4 Å². The molecule has 1 atom stereocenters. The molecule has 5 nitrogen and oxygen atoms in total. The van der Waals surface area contributed by atoms with Crippen molar-refractivity contribution in [1.82, 2.24) is 15.3 Å². The second-order valence-electron chi connectivity index (χ2n) is 7.04. The fraction of sp³-hybridized carbons (Fsp3) is 0.476. The highest BCUT2D eigenvalue weighted by atomic mass is 19.1. The molecule has 0 radical (unpaired) electrons. The predicted molar refractivity (Wildman–Crippen MR) is 104 cm³/mol. The summed E-state index contributed by atoms with van der Waals surface area (Å²) in [5, 5.41) is 2.84. The first-order chi connectivity index (χ1) is 13.1. The Kier molecular flexibility index (Phi) is 6.37. The van der Waals surface area contributed by atoms with Gasteiger partial charge in [0.1, 0.15) is 11.5 Å². The third-order valence-electron chi connectivity index (χ3n) is 5.07. The number of amides is 1. The molecule has 1 unspecified atom stereocenters. The summed E-state index contributed by atoms with van der Waals surface area (Å²) in [4.78, 5) is 23.9. The van der Waals surface area contributed by atoms with Crippen molar-refractivity contribution in [2.24, 2.45) is 0 Å². The standard InChI is InChI=1S/C21H27FN4O/c1-3-17-9-6-7-13-26(17)21-24-15(2)14-19(25-21)20(27)23-12-11-16-8-4-5-10-18(16)22/h4-5,8,10,14,17H,3,6-7,9,11-13H2,1-2H3,(H,23,27). The highest BCUT2D eigenvalue weighted by Gasteiger charge is 2.24. The molecule has 0 spiro atoms. The first kappa shape index (κ1) is 19.3. The molecule has 2 aromatic rings. The van der Waals surface area contributed by atoms with Crippen molar-refractivity contribution in [3.8, 4) is 0 Å². The van der Waals surface area contributed by atoms with Gasteiger partial charge in [-0.1, -0.05) is 25.1 Å². The third-order valence-corrected chi connectivity index (χ3v) is 5.07. The van der Waals surface area contributed by atoms with Crippen LogP contribution in [0, 0.1) is 12.7 Å². The molecule has 1 N–H and O–H groups in total. The number of hydrogen-bond donors (Lipinski definition) is 1. The minimum absolute atomic E-state index is 0.247. The number of aryl methyl sites for hydroxylation is 1. The number of carbonyl (C=O) groups excluding carboxylic acids is 1. The van der Waals surface area contributed by atoms with Gasteiger partial charge in [-0.05, 0) is 56.7 Å². The van der Waals surface area contributed by atoms with Crippen LogP contribution in [0.4, 0.5) is 10.3 Å². The normalized spacial score (nSPS) is 17.0. The van der Waals surface area contributed by atoms with Crippen LogP contribution in [-0.4, -0.2) is 35.0 Å². The minimum atomic E-state index is -0.248. The number of carbonyl (C=O) groups is 1. The van der Waals surface area contributed by atoms with Crippen molar-refractivity contribution >= 4 is 11.9 Å². The van der Waals surface area contributed by atoms with Gasteiger partial charge in [0.25, 0.3) is 5.91 Å². The lowest BCUT2D eigenvalue weighted by Gasteiger charge is -2.35. The zero-order valence-electron chi connectivity index (χ0n) is 16.0. The van der Waals surface area contributed by atoms with Gasteiger partial charge in [0.2, 0.25) is 5.95 Å². The Morgan fingerprint density at radius 1 is 1.30 bits per heavy atom. The fourth-order valence-corrected chi connectivity index (χ4v) is 3.59. The van der Waals surface area contributed by atoms with Crippen molar-refractivity contribution < 1.29 is 9.18 Å². The Morgan fingerprint density at radius 3 is 2.89 bits per heavy atom. The molecule has 3 rings (SSSR count). The van der Waals surface area contributed by atoms with E-state index in [9.17, 15) is 9.18 Å². The maximum absolute atomic E-state index is 13.7. The van der Waals surface area contributed by atoms with Crippen molar-refractivity contribution in [3.05, 3.63) is 53.1 Å². The lowest BCUT2D eigenvalue weighted by Crippen LogP contribution is -2.40. The van der Waals surface area contributed by atoms with E-state index in [1.54, 1.807) is 24.3 Å². The number of hydrogen-bond acceptors (Lipinski definition) is 4. The van der Waals surface area contributed by atoms with E-state index in [-0.39, 0.29) is 11.7 Å². The second kappa shape index (κ2) is 8.93. The van der Waals surface area contributed by atoms with E-state index >= 15 is 0 Å². The van der Waals surface area contributed by atoms with Crippen LogP contribution < -0.4 is 10.2 Å². The number of aromatic nitrogens is 2. The molecule has 1 fully saturated rings. The van der Waals surface area contributed by atoms with Gasteiger partial charge in [-0.2, -0.15) is 0 Å². The summed E-state index contributed by atoms with van der Waals surface area (Å²) in [6.07, 6.45) is 4.97. The molecule has 6 heteroatoms. The van der Waals surface area contributed by atoms with Crippen LogP contribution in [0.1, 0.15) is 54.4 Å². The number of rotatable bonds is 6. The monoisotopic (exact) mass is 370 g/mol. The van der Waals surface area contributed by atoms with Crippen LogP contribution in [0.3, 0.4) is 0 Å². The van der Waals surface area contributed by atoms with Crippen LogP contribution in [0.25, 0.3) is 0 Å². The topological polar surface area (TPSA) is 58.1 Å². The largest absolute Gasteiger partial charge is 0.350 e. The van der Waals surface area contributed by atoms with E-state index < -0.39 is 0 Å². The maximum Gasteiger partial charge on any atom is 0.270 e. The zero-order valence-corrected chi connectivity index (χ0v) is 16.0. The van der Waals surface area contributed by atoms with Gasteiger partial charge < -0.3 is 10.2 Å². The summed E-state index contributed by atoms with van der Waals surface area (Å²) in [6.45, 7) is 5.34. The van der Waals surface area contributed by atoms with Crippen LogP contribution in [0.2, 0.25) is 0 Å². The molecular formula is C21H27FN4O. The molecule has 0 saturated carbocycles. The van der Waals surface area contributed by atoms with Crippen molar-refractivity contribution in [1.29, 1.82) is 0 Å². The SMILES string of the molecule is CCC1CCCCN1c1nc(C)cc(C(=O)NCCc2ccccc2F)n1. The Balaban J connectivity index is 1.68. The lowest BCUT2D eigenvalue weighted by atomic mass is 10.0. The number of benzene rings is 1. The lowest BCUT2D eigenvalue weighted by molar-refractivity contribution is 0.0948. The molecule has 1 saturated heterocycles. The summed E-state index contributed by atoms with van der Waals surface area (Å²) in [6, 6.07) is 8.75. The molecule has 0 aliphatic carbocycles. The van der Waals surface area contributed by atoms with E-state index in [2.05, 4.69) is 27.1 Å². The Morgan fingerprint density at radius 2 is 2.11 bits per heavy atom. The molecule has 27 heavy (non-hydrogen) atoms. The minimum Gasteiger partial charge on any atom is -0.350 e. The average molecular weight is 370 g/mol. The Labute approximate surface area is 160 Å². The molecule has 1 aliphatic rings. The smallest absolute Gasteiger partial charge is 0.270 e. The zero-order chi connectivity index (χ0) is 19.2. The number of halogens is 1. The Hall–Kier alpha value is -2.50. The molecule has 1 aromatic carbocycles. The summed E-state index contributed by atoms with van der Waals surface area (Å²) >= 11 is 0. The van der Waals surface area contributed by atoms with Crippen LogP contribution in [-0.2, 0) is 6.42 Å². The van der Waals surface area contributed by atoms with E-state index in [0.29, 0.717) is 36.2 Å². The van der Waals surface area contributed by atoms with Crippen molar-refractivity contribution in [2.45, 2.75) is 52.0 Å². The summed E-state index contributed by atoms with van der Waals surface area (Å²) < 4.78 is 13.7. The molecule has 144 valence electrons.